The molecule has 1 aromatic carbocycles. The summed E-state index contributed by atoms with van der Waals surface area (Å²) in [4.78, 5) is 23.0. The molecule has 1 spiro atoms. The SMILES string of the molecule is O=C1CC2(CCCC2)Nc2cc(C(=O)O)ccc2N1. The lowest BCUT2D eigenvalue weighted by atomic mass is 9.93. The molecule has 1 heterocycles. The number of rotatable bonds is 1. The maximum Gasteiger partial charge on any atom is 0.335 e. The van der Waals surface area contributed by atoms with Gasteiger partial charge in [0.05, 0.1) is 16.9 Å². The molecular formula is C14H16N2O3. The first-order valence-corrected chi connectivity index (χ1v) is 6.53. The number of benzene rings is 1. The van der Waals surface area contributed by atoms with Crippen LogP contribution in [0.4, 0.5) is 11.4 Å². The van der Waals surface area contributed by atoms with Crippen LogP contribution >= 0.6 is 0 Å². The predicted octanol–water partition coefficient (Wildman–Crippen LogP) is 2.45. The van der Waals surface area contributed by atoms with Crippen molar-refractivity contribution in [1.29, 1.82) is 0 Å². The van der Waals surface area contributed by atoms with Gasteiger partial charge in [0.25, 0.3) is 0 Å². The molecule has 3 N–H and O–H groups in total. The minimum Gasteiger partial charge on any atom is -0.478 e. The average Bonchev–Trinajstić information content (AvgIpc) is 2.72. The van der Waals surface area contributed by atoms with E-state index < -0.39 is 5.97 Å². The molecular weight excluding hydrogens is 244 g/mol. The number of hydrogen-bond acceptors (Lipinski definition) is 3. The van der Waals surface area contributed by atoms with Crippen LogP contribution in [0.3, 0.4) is 0 Å². The molecule has 100 valence electrons. The fourth-order valence-corrected chi connectivity index (χ4v) is 3.07. The molecule has 5 heteroatoms. The molecule has 1 aromatic rings. The fourth-order valence-electron chi connectivity index (χ4n) is 3.07. The molecule has 1 saturated carbocycles. The third-order valence-electron chi connectivity index (χ3n) is 4.00. The van der Waals surface area contributed by atoms with E-state index in [1.165, 1.54) is 6.07 Å². The third-order valence-corrected chi connectivity index (χ3v) is 4.00. The normalized spacial score (nSPS) is 20.3. The molecule has 1 aliphatic heterocycles. The van der Waals surface area contributed by atoms with Crippen LogP contribution in [0.25, 0.3) is 0 Å². The van der Waals surface area contributed by atoms with Crippen LogP contribution in [0.2, 0.25) is 0 Å². The van der Waals surface area contributed by atoms with Gasteiger partial charge in [0.15, 0.2) is 0 Å². The minimum atomic E-state index is -0.958. The van der Waals surface area contributed by atoms with Crippen LogP contribution < -0.4 is 10.6 Å². The van der Waals surface area contributed by atoms with Crippen LogP contribution in [0.15, 0.2) is 18.2 Å². The van der Waals surface area contributed by atoms with E-state index >= 15 is 0 Å². The number of nitrogens with one attached hydrogen (secondary N) is 2. The molecule has 1 aliphatic carbocycles. The minimum absolute atomic E-state index is 0.00350. The maximum absolute atomic E-state index is 12.0. The number of carboxylic acids is 1. The monoisotopic (exact) mass is 260 g/mol. The molecule has 2 aliphatic rings. The molecule has 1 fully saturated rings. The molecule has 0 bridgehead atoms. The Morgan fingerprint density at radius 2 is 1.95 bits per heavy atom. The summed E-state index contributed by atoms with van der Waals surface area (Å²) in [6, 6.07) is 4.76. The van der Waals surface area contributed by atoms with Crippen molar-refractivity contribution in [3.05, 3.63) is 23.8 Å². The average molecular weight is 260 g/mol. The number of aromatic carboxylic acids is 1. The standard InChI is InChI=1S/C14H16N2O3/c17-12-8-14(5-1-2-6-14)16-11-7-9(13(18)19)3-4-10(11)15-12/h3-4,7,16H,1-2,5-6,8H2,(H,15,17)(H,18,19). The van der Waals surface area contributed by atoms with Gasteiger partial charge in [-0.2, -0.15) is 0 Å². The number of hydrogen-bond donors (Lipinski definition) is 3. The largest absolute Gasteiger partial charge is 0.478 e. The van der Waals surface area contributed by atoms with E-state index in [1.54, 1.807) is 12.1 Å². The van der Waals surface area contributed by atoms with Crippen molar-refractivity contribution in [2.24, 2.45) is 0 Å². The van der Waals surface area contributed by atoms with Crippen molar-refractivity contribution in [1.82, 2.24) is 0 Å². The van der Waals surface area contributed by atoms with Gasteiger partial charge in [0.1, 0.15) is 0 Å². The Kier molecular flexibility index (Phi) is 2.69. The van der Waals surface area contributed by atoms with Crippen molar-refractivity contribution >= 4 is 23.3 Å². The molecule has 0 unspecified atom stereocenters. The summed E-state index contributed by atoms with van der Waals surface area (Å²) >= 11 is 0. The fraction of sp³-hybridized carbons (Fsp3) is 0.429. The van der Waals surface area contributed by atoms with E-state index in [0.29, 0.717) is 17.8 Å². The summed E-state index contributed by atoms with van der Waals surface area (Å²) in [5, 5.41) is 15.3. The Morgan fingerprint density at radius 1 is 1.21 bits per heavy atom. The molecule has 0 saturated heterocycles. The van der Waals surface area contributed by atoms with Gasteiger partial charge in [-0.25, -0.2) is 4.79 Å². The summed E-state index contributed by atoms with van der Waals surface area (Å²) in [6.45, 7) is 0. The second-order valence-electron chi connectivity index (χ2n) is 5.40. The smallest absolute Gasteiger partial charge is 0.335 e. The Bertz CT molecular complexity index is 548. The number of carboxylic acid groups (broad SMARTS) is 1. The van der Waals surface area contributed by atoms with Crippen molar-refractivity contribution in [3.63, 3.8) is 0 Å². The lowest BCUT2D eigenvalue weighted by molar-refractivity contribution is -0.117. The Labute approximate surface area is 111 Å². The number of amides is 1. The maximum atomic E-state index is 12.0. The zero-order valence-corrected chi connectivity index (χ0v) is 10.5. The Morgan fingerprint density at radius 3 is 2.63 bits per heavy atom. The highest BCUT2D eigenvalue weighted by atomic mass is 16.4. The highest BCUT2D eigenvalue weighted by Gasteiger charge is 2.38. The first-order valence-electron chi connectivity index (χ1n) is 6.53. The number of carbonyl (C=O) groups is 2. The van der Waals surface area contributed by atoms with Gasteiger partial charge >= 0.3 is 5.97 Å². The van der Waals surface area contributed by atoms with Gasteiger partial charge < -0.3 is 15.7 Å². The highest BCUT2D eigenvalue weighted by Crippen LogP contribution is 2.40. The summed E-state index contributed by atoms with van der Waals surface area (Å²) in [5.41, 5.74) is 1.41. The van der Waals surface area contributed by atoms with Crippen LogP contribution in [0.1, 0.15) is 42.5 Å². The quantitative estimate of drug-likeness (QED) is 0.724. The highest BCUT2D eigenvalue weighted by molar-refractivity contribution is 5.99. The topological polar surface area (TPSA) is 78.4 Å². The summed E-state index contributed by atoms with van der Waals surface area (Å²) in [5.74, 6) is -0.961. The van der Waals surface area contributed by atoms with Crippen molar-refractivity contribution in [2.45, 2.75) is 37.6 Å². The summed E-state index contributed by atoms with van der Waals surface area (Å²) in [6.07, 6.45) is 4.57. The van der Waals surface area contributed by atoms with Crippen LogP contribution in [0, 0.1) is 0 Å². The molecule has 5 nitrogen and oxygen atoms in total. The lowest BCUT2D eigenvalue weighted by Gasteiger charge is -2.28. The van der Waals surface area contributed by atoms with Gasteiger partial charge in [-0.15, -0.1) is 0 Å². The van der Waals surface area contributed by atoms with E-state index in [-0.39, 0.29) is 17.0 Å². The van der Waals surface area contributed by atoms with E-state index in [4.69, 9.17) is 5.11 Å². The van der Waals surface area contributed by atoms with Crippen LogP contribution in [-0.2, 0) is 4.79 Å². The van der Waals surface area contributed by atoms with Gasteiger partial charge in [-0.05, 0) is 31.0 Å². The van der Waals surface area contributed by atoms with E-state index in [9.17, 15) is 9.59 Å². The number of anilines is 2. The van der Waals surface area contributed by atoms with Gasteiger partial charge in [-0.1, -0.05) is 12.8 Å². The van der Waals surface area contributed by atoms with Crippen molar-refractivity contribution in [2.75, 3.05) is 10.6 Å². The Balaban J connectivity index is 2.02. The second kappa shape index (κ2) is 4.26. The van der Waals surface area contributed by atoms with Crippen LogP contribution in [-0.4, -0.2) is 22.5 Å². The molecule has 1 amide bonds. The molecule has 0 radical (unpaired) electrons. The van der Waals surface area contributed by atoms with Crippen molar-refractivity contribution < 1.29 is 14.7 Å². The van der Waals surface area contributed by atoms with E-state index in [1.807, 2.05) is 0 Å². The van der Waals surface area contributed by atoms with Gasteiger partial charge in [0, 0.05) is 12.0 Å². The second-order valence-corrected chi connectivity index (χ2v) is 5.40. The lowest BCUT2D eigenvalue weighted by Crippen LogP contribution is -2.36. The molecule has 0 aromatic heterocycles. The van der Waals surface area contributed by atoms with Gasteiger partial charge in [-0.3, -0.25) is 4.79 Å². The molecule has 3 rings (SSSR count). The Hall–Kier alpha value is -2.04. The van der Waals surface area contributed by atoms with Crippen LogP contribution in [0.5, 0.6) is 0 Å². The first-order chi connectivity index (χ1) is 9.08. The van der Waals surface area contributed by atoms with E-state index in [2.05, 4.69) is 10.6 Å². The van der Waals surface area contributed by atoms with E-state index in [0.717, 1.165) is 25.7 Å². The molecule has 19 heavy (non-hydrogen) atoms. The zero-order chi connectivity index (χ0) is 13.5. The number of carbonyl (C=O) groups excluding carboxylic acids is 1. The third kappa shape index (κ3) is 2.16. The van der Waals surface area contributed by atoms with Crippen molar-refractivity contribution in [3.8, 4) is 0 Å². The number of fused-ring (bicyclic) bond motifs is 1. The zero-order valence-electron chi connectivity index (χ0n) is 10.5. The van der Waals surface area contributed by atoms with Gasteiger partial charge in [0.2, 0.25) is 5.91 Å². The first kappa shape index (κ1) is 12.0. The predicted molar refractivity (Wildman–Crippen MR) is 71.5 cm³/mol. The summed E-state index contributed by atoms with van der Waals surface area (Å²) in [7, 11) is 0. The summed E-state index contributed by atoms with van der Waals surface area (Å²) < 4.78 is 0. The molecule has 0 atom stereocenters.